The number of alkyl halides is 3. The monoisotopic (exact) mass is 470 g/mol. The van der Waals surface area contributed by atoms with Crippen LogP contribution in [0.3, 0.4) is 0 Å². The maximum atomic E-state index is 13.2. The van der Waals surface area contributed by atoms with E-state index in [-0.39, 0.29) is 12.1 Å². The first kappa shape index (κ1) is 21.8. The zero-order chi connectivity index (χ0) is 23.0. The zero-order valence-electron chi connectivity index (χ0n) is 17.6. The smallest absolute Gasteiger partial charge is 0.310 e. The van der Waals surface area contributed by atoms with E-state index < -0.39 is 11.7 Å². The standard InChI is InChI=1S/C24H21F3N4OS/c25-24(26,27)17-3-1-2-16(10-17)13-31-14-30-22-21(23(31)32)19-5-4-18(11-20(19)33-22)29-12-15-6-8-28-9-7-15/h1-3,6-10,14,18,29H,4-5,11-13H2. The van der Waals surface area contributed by atoms with Gasteiger partial charge in [0.1, 0.15) is 4.83 Å². The van der Waals surface area contributed by atoms with Crippen molar-refractivity contribution in [3.8, 4) is 0 Å². The summed E-state index contributed by atoms with van der Waals surface area (Å²) in [7, 11) is 0. The second-order valence-corrected chi connectivity index (χ2v) is 9.32. The van der Waals surface area contributed by atoms with E-state index >= 15 is 0 Å². The van der Waals surface area contributed by atoms with E-state index in [1.54, 1.807) is 18.5 Å². The second kappa shape index (κ2) is 8.72. The van der Waals surface area contributed by atoms with E-state index in [1.165, 1.54) is 33.9 Å². The van der Waals surface area contributed by atoms with Gasteiger partial charge in [-0.15, -0.1) is 11.3 Å². The fourth-order valence-corrected chi connectivity index (χ4v) is 5.55. The molecule has 1 aliphatic carbocycles. The highest BCUT2D eigenvalue weighted by Gasteiger charge is 2.30. The van der Waals surface area contributed by atoms with Crippen molar-refractivity contribution >= 4 is 21.6 Å². The number of fused-ring (bicyclic) bond motifs is 3. The van der Waals surface area contributed by atoms with Crippen molar-refractivity contribution in [3.63, 3.8) is 0 Å². The number of hydrogen-bond donors (Lipinski definition) is 1. The van der Waals surface area contributed by atoms with Gasteiger partial charge >= 0.3 is 6.18 Å². The number of nitrogens with zero attached hydrogens (tertiary/aromatic N) is 3. The van der Waals surface area contributed by atoms with Crippen LogP contribution in [-0.2, 0) is 32.1 Å². The highest BCUT2D eigenvalue weighted by atomic mass is 32.1. The molecule has 0 fully saturated rings. The largest absolute Gasteiger partial charge is 0.416 e. The van der Waals surface area contributed by atoms with Crippen molar-refractivity contribution in [2.24, 2.45) is 0 Å². The Hall–Kier alpha value is -3.04. The second-order valence-electron chi connectivity index (χ2n) is 8.24. The number of rotatable bonds is 5. The predicted molar refractivity (Wildman–Crippen MR) is 121 cm³/mol. The van der Waals surface area contributed by atoms with E-state index in [2.05, 4.69) is 15.3 Å². The molecule has 1 unspecified atom stereocenters. The summed E-state index contributed by atoms with van der Waals surface area (Å²) < 4.78 is 40.5. The number of aryl methyl sites for hydroxylation is 1. The van der Waals surface area contributed by atoms with Gasteiger partial charge in [-0.05, 0) is 60.2 Å². The lowest BCUT2D eigenvalue weighted by Crippen LogP contribution is -2.33. The molecule has 1 aliphatic rings. The Balaban J connectivity index is 1.37. The molecule has 5 rings (SSSR count). The molecule has 1 aromatic carbocycles. The maximum Gasteiger partial charge on any atom is 0.416 e. The predicted octanol–water partition coefficient (Wildman–Crippen LogP) is 4.57. The van der Waals surface area contributed by atoms with Gasteiger partial charge in [-0.25, -0.2) is 4.98 Å². The molecular weight excluding hydrogens is 449 g/mol. The van der Waals surface area contributed by atoms with Gasteiger partial charge in [-0.2, -0.15) is 13.2 Å². The molecule has 9 heteroatoms. The lowest BCUT2D eigenvalue weighted by molar-refractivity contribution is -0.137. The van der Waals surface area contributed by atoms with Gasteiger partial charge in [-0.3, -0.25) is 14.3 Å². The van der Waals surface area contributed by atoms with Crippen LogP contribution in [0.2, 0.25) is 0 Å². The zero-order valence-corrected chi connectivity index (χ0v) is 18.4. The van der Waals surface area contributed by atoms with Crippen LogP contribution < -0.4 is 10.9 Å². The van der Waals surface area contributed by atoms with Gasteiger partial charge < -0.3 is 5.32 Å². The quantitative estimate of drug-likeness (QED) is 0.464. The molecule has 5 nitrogen and oxygen atoms in total. The Morgan fingerprint density at radius 2 is 1.97 bits per heavy atom. The number of pyridine rings is 1. The molecule has 0 aliphatic heterocycles. The Morgan fingerprint density at radius 3 is 2.76 bits per heavy atom. The van der Waals surface area contributed by atoms with Crippen LogP contribution >= 0.6 is 11.3 Å². The molecule has 0 amide bonds. The van der Waals surface area contributed by atoms with E-state index in [1.807, 2.05) is 12.1 Å². The van der Waals surface area contributed by atoms with Gasteiger partial charge in [-0.1, -0.05) is 12.1 Å². The van der Waals surface area contributed by atoms with E-state index in [4.69, 9.17) is 0 Å². The Kier molecular flexibility index (Phi) is 5.76. The first-order valence-corrected chi connectivity index (χ1v) is 11.5. The third-order valence-electron chi connectivity index (χ3n) is 5.99. The summed E-state index contributed by atoms with van der Waals surface area (Å²) in [6, 6.07) is 9.34. The first-order chi connectivity index (χ1) is 15.9. The van der Waals surface area contributed by atoms with Crippen LogP contribution in [0.15, 0.2) is 59.9 Å². The van der Waals surface area contributed by atoms with E-state index in [9.17, 15) is 18.0 Å². The Morgan fingerprint density at radius 1 is 1.15 bits per heavy atom. The number of benzene rings is 1. The lowest BCUT2D eigenvalue weighted by Gasteiger charge is -2.23. The number of nitrogens with one attached hydrogen (secondary N) is 1. The summed E-state index contributed by atoms with van der Waals surface area (Å²) >= 11 is 1.54. The normalized spacial score (nSPS) is 16.2. The molecular formula is C24H21F3N4OS. The molecule has 0 saturated carbocycles. The van der Waals surface area contributed by atoms with Gasteiger partial charge in [0, 0.05) is 29.9 Å². The summed E-state index contributed by atoms with van der Waals surface area (Å²) in [5.74, 6) is 0. The minimum atomic E-state index is -4.42. The number of halogens is 3. The first-order valence-electron chi connectivity index (χ1n) is 10.7. The maximum absolute atomic E-state index is 13.2. The van der Waals surface area contributed by atoms with E-state index in [0.29, 0.717) is 21.8 Å². The summed E-state index contributed by atoms with van der Waals surface area (Å²) in [6.45, 7) is 0.807. The molecule has 0 bridgehead atoms. The Bertz CT molecular complexity index is 1350. The van der Waals surface area contributed by atoms with Crippen molar-refractivity contribution < 1.29 is 13.2 Å². The van der Waals surface area contributed by atoms with Gasteiger partial charge in [0.15, 0.2) is 0 Å². The van der Waals surface area contributed by atoms with Crippen molar-refractivity contribution in [1.82, 2.24) is 19.9 Å². The average molecular weight is 471 g/mol. The fraction of sp³-hybridized carbons (Fsp3) is 0.292. The van der Waals surface area contributed by atoms with Crippen molar-refractivity contribution in [2.75, 3.05) is 0 Å². The highest BCUT2D eigenvalue weighted by Crippen LogP contribution is 2.34. The van der Waals surface area contributed by atoms with Crippen LogP contribution in [0.25, 0.3) is 10.2 Å². The van der Waals surface area contributed by atoms with Crippen LogP contribution in [0, 0.1) is 0 Å². The summed E-state index contributed by atoms with van der Waals surface area (Å²) in [5.41, 5.74) is 1.70. The third-order valence-corrected chi connectivity index (χ3v) is 7.15. The lowest BCUT2D eigenvalue weighted by atomic mass is 9.93. The number of thiophene rings is 1. The molecule has 4 aromatic rings. The molecule has 33 heavy (non-hydrogen) atoms. The molecule has 0 spiro atoms. The van der Waals surface area contributed by atoms with E-state index in [0.717, 1.165) is 48.4 Å². The molecule has 0 saturated heterocycles. The van der Waals surface area contributed by atoms with Crippen LogP contribution in [0.1, 0.15) is 33.6 Å². The van der Waals surface area contributed by atoms with Crippen LogP contribution in [0.4, 0.5) is 13.2 Å². The third kappa shape index (κ3) is 4.56. The molecule has 3 aromatic heterocycles. The number of hydrogen-bond acceptors (Lipinski definition) is 5. The summed E-state index contributed by atoms with van der Waals surface area (Å²) in [5, 5.41) is 4.19. The highest BCUT2D eigenvalue weighted by molar-refractivity contribution is 7.18. The van der Waals surface area contributed by atoms with Crippen LogP contribution in [-0.4, -0.2) is 20.6 Å². The van der Waals surface area contributed by atoms with Gasteiger partial charge in [0.2, 0.25) is 0 Å². The van der Waals surface area contributed by atoms with Crippen molar-refractivity contribution in [1.29, 1.82) is 0 Å². The topological polar surface area (TPSA) is 59.8 Å². The van der Waals surface area contributed by atoms with Gasteiger partial charge in [0.25, 0.3) is 5.56 Å². The van der Waals surface area contributed by atoms with Crippen molar-refractivity contribution in [2.45, 2.75) is 44.6 Å². The average Bonchev–Trinajstić information content (AvgIpc) is 3.18. The minimum absolute atomic E-state index is 0.0480. The Labute approximate surface area is 191 Å². The minimum Gasteiger partial charge on any atom is -0.310 e. The van der Waals surface area contributed by atoms with Crippen molar-refractivity contribution in [3.05, 3.63) is 92.6 Å². The molecule has 3 heterocycles. The van der Waals surface area contributed by atoms with Crippen LogP contribution in [0.5, 0.6) is 0 Å². The summed E-state index contributed by atoms with van der Waals surface area (Å²) in [6.07, 6.45) is 3.08. The fourth-order valence-electron chi connectivity index (χ4n) is 4.29. The molecule has 0 radical (unpaired) electrons. The molecule has 1 N–H and O–H groups in total. The van der Waals surface area contributed by atoms with Gasteiger partial charge in [0.05, 0.1) is 23.8 Å². The summed E-state index contributed by atoms with van der Waals surface area (Å²) in [4.78, 5) is 23.6. The molecule has 1 atom stereocenters. The number of aromatic nitrogens is 3. The molecule has 170 valence electrons. The SMILES string of the molecule is O=c1c2c3c(sc2ncn1Cc1cccc(C(F)(F)F)c1)CC(NCc1ccncc1)CC3.